The van der Waals surface area contributed by atoms with Gasteiger partial charge in [0, 0.05) is 16.7 Å². The summed E-state index contributed by atoms with van der Waals surface area (Å²) in [4.78, 5) is 0. The highest BCUT2D eigenvalue weighted by molar-refractivity contribution is 9.10. The SMILES string of the molecule is Cc1ccccc1C(CN)Nc1ccc(Cl)c(Br)c1. The fourth-order valence-electron chi connectivity index (χ4n) is 2.03. The molecule has 0 heterocycles. The van der Waals surface area contributed by atoms with Gasteiger partial charge in [-0.25, -0.2) is 0 Å². The molecule has 2 aromatic carbocycles. The first-order chi connectivity index (χ1) is 9.11. The molecular weight excluding hydrogens is 324 g/mol. The van der Waals surface area contributed by atoms with Crippen molar-refractivity contribution < 1.29 is 0 Å². The number of hydrogen-bond donors (Lipinski definition) is 2. The summed E-state index contributed by atoms with van der Waals surface area (Å²) in [7, 11) is 0. The number of benzene rings is 2. The van der Waals surface area contributed by atoms with Gasteiger partial charge < -0.3 is 11.1 Å². The van der Waals surface area contributed by atoms with E-state index in [0.29, 0.717) is 11.6 Å². The van der Waals surface area contributed by atoms with E-state index in [4.69, 9.17) is 17.3 Å². The second-order valence-corrected chi connectivity index (χ2v) is 5.68. The van der Waals surface area contributed by atoms with Crippen molar-refractivity contribution in [2.45, 2.75) is 13.0 Å². The van der Waals surface area contributed by atoms with Crippen LogP contribution in [0.15, 0.2) is 46.9 Å². The number of aryl methyl sites for hydroxylation is 1. The number of nitrogens with one attached hydrogen (secondary N) is 1. The highest BCUT2D eigenvalue weighted by atomic mass is 79.9. The minimum absolute atomic E-state index is 0.0919. The van der Waals surface area contributed by atoms with Crippen LogP contribution in [0.5, 0.6) is 0 Å². The van der Waals surface area contributed by atoms with Crippen molar-refractivity contribution in [1.82, 2.24) is 0 Å². The third kappa shape index (κ3) is 3.50. The molecule has 0 amide bonds. The van der Waals surface area contributed by atoms with Gasteiger partial charge in [0.25, 0.3) is 0 Å². The van der Waals surface area contributed by atoms with Crippen molar-refractivity contribution >= 4 is 33.2 Å². The van der Waals surface area contributed by atoms with Gasteiger partial charge in [0.05, 0.1) is 11.1 Å². The Balaban J connectivity index is 2.24. The molecule has 2 nitrogen and oxygen atoms in total. The third-order valence-electron chi connectivity index (χ3n) is 3.06. The molecule has 0 aliphatic heterocycles. The Bertz CT molecular complexity index is 572. The lowest BCUT2D eigenvalue weighted by atomic mass is 10.0. The standard InChI is InChI=1S/C15H16BrClN2/c1-10-4-2-3-5-12(10)15(9-18)19-11-6-7-14(17)13(16)8-11/h2-8,15,19H,9,18H2,1H3. The van der Waals surface area contributed by atoms with Gasteiger partial charge in [-0.05, 0) is 52.2 Å². The van der Waals surface area contributed by atoms with Gasteiger partial charge in [-0.15, -0.1) is 0 Å². The van der Waals surface area contributed by atoms with E-state index in [1.165, 1.54) is 11.1 Å². The number of anilines is 1. The van der Waals surface area contributed by atoms with Gasteiger partial charge in [-0.1, -0.05) is 35.9 Å². The van der Waals surface area contributed by atoms with Crippen molar-refractivity contribution in [3.8, 4) is 0 Å². The third-order valence-corrected chi connectivity index (χ3v) is 4.27. The molecule has 1 unspecified atom stereocenters. The predicted octanol–water partition coefficient (Wildman–Crippen LogP) is 4.52. The summed E-state index contributed by atoms with van der Waals surface area (Å²) < 4.78 is 0.875. The van der Waals surface area contributed by atoms with Crippen LogP contribution in [-0.4, -0.2) is 6.54 Å². The molecule has 100 valence electrons. The maximum absolute atomic E-state index is 5.99. The zero-order chi connectivity index (χ0) is 13.8. The van der Waals surface area contributed by atoms with Crippen LogP contribution in [0, 0.1) is 6.92 Å². The van der Waals surface area contributed by atoms with Crippen LogP contribution in [0.4, 0.5) is 5.69 Å². The van der Waals surface area contributed by atoms with Crippen molar-refractivity contribution in [2.24, 2.45) is 5.73 Å². The molecule has 19 heavy (non-hydrogen) atoms. The Labute approximate surface area is 127 Å². The fourth-order valence-corrected chi connectivity index (χ4v) is 2.52. The number of hydrogen-bond acceptors (Lipinski definition) is 2. The lowest BCUT2D eigenvalue weighted by Crippen LogP contribution is -2.21. The van der Waals surface area contributed by atoms with Crippen LogP contribution in [0.3, 0.4) is 0 Å². The Kier molecular flexibility index (Phi) is 4.86. The molecule has 3 N–H and O–H groups in total. The van der Waals surface area contributed by atoms with Gasteiger partial charge in [0.1, 0.15) is 0 Å². The van der Waals surface area contributed by atoms with Crippen LogP contribution in [0.1, 0.15) is 17.2 Å². The smallest absolute Gasteiger partial charge is 0.0638 e. The lowest BCUT2D eigenvalue weighted by molar-refractivity contribution is 0.783. The quantitative estimate of drug-likeness (QED) is 0.859. The van der Waals surface area contributed by atoms with Crippen molar-refractivity contribution in [3.63, 3.8) is 0 Å². The number of rotatable bonds is 4. The predicted molar refractivity (Wildman–Crippen MR) is 85.7 cm³/mol. The van der Waals surface area contributed by atoms with E-state index >= 15 is 0 Å². The Morgan fingerprint density at radius 2 is 2.00 bits per heavy atom. The van der Waals surface area contributed by atoms with Crippen molar-refractivity contribution in [1.29, 1.82) is 0 Å². The molecule has 4 heteroatoms. The maximum Gasteiger partial charge on any atom is 0.0638 e. The molecule has 0 aliphatic carbocycles. The van der Waals surface area contributed by atoms with Gasteiger partial charge in [0.15, 0.2) is 0 Å². The first-order valence-corrected chi connectivity index (χ1v) is 7.26. The van der Waals surface area contributed by atoms with E-state index in [-0.39, 0.29) is 6.04 Å². The van der Waals surface area contributed by atoms with E-state index in [2.05, 4.69) is 40.3 Å². The molecule has 1 atom stereocenters. The summed E-state index contributed by atoms with van der Waals surface area (Å²) in [5, 5.41) is 4.14. The maximum atomic E-state index is 5.99. The molecule has 0 saturated carbocycles. The molecule has 0 bridgehead atoms. The summed E-state index contributed by atoms with van der Waals surface area (Å²) in [5.74, 6) is 0. The minimum Gasteiger partial charge on any atom is -0.377 e. The average Bonchev–Trinajstić information content (AvgIpc) is 2.41. The first kappa shape index (κ1) is 14.4. The highest BCUT2D eigenvalue weighted by Crippen LogP contribution is 2.28. The van der Waals surface area contributed by atoms with Crippen LogP contribution in [0.2, 0.25) is 5.02 Å². The Morgan fingerprint density at radius 1 is 1.26 bits per heavy atom. The summed E-state index contributed by atoms with van der Waals surface area (Å²) in [6.45, 7) is 2.63. The van der Waals surface area contributed by atoms with E-state index in [1.54, 1.807) is 0 Å². The highest BCUT2D eigenvalue weighted by Gasteiger charge is 2.12. The summed E-state index contributed by atoms with van der Waals surface area (Å²) in [5.41, 5.74) is 9.34. The summed E-state index contributed by atoms with van der Waals surface area (Å²) in [6.07, 6.45) is 0. The fraction of sp³-hybridized carbons (Fsp3) is 0.200. The van der Waals surface area contributed by atoms with E-state index in [0.717, 1.165) is 10.2 Å². The van der Waals surface area contributed by atoms with Crippen LogP contribution < -0.4 is 11.1 Å². The van der Waals surface area contributed by atoms with E-state index in [1.807, 2.05) is 30.3 Å². The van der Waals surface area contributed by atoms with Crippen LogP contribution >= 0.6 is 27.5 Å². The molecule has 0 saturated heterocycles. The van der Waals surface area contributed by atoms with Gasteiger partial charge in [0.2, 0.25) is 0 Å². The molecule has 0 aromatic heterocycles. The Hall–Kier alpha value is -1.03. The van der Waals surface area contributed by atoms with E-state index < -0.39 is 0 Å². The minimum atomic E-state index is 0.0919. The second kappa shape index (κ2) is 6.42. The van der Waals surface area contributed by atoms with Crippen LogP contribution in [-0.2, 0) is 0 Å². The molecule has 0 spiro atoms. The molecule has 0 fully saturated rings. The first-order valence-electron chi connectivity index (χ1n) is 6.09. The largest absolute Gasteiger partial charge is 0.377 e. The zero-order valence-electron chi connectivity index (χ0n) is 10.7. The molecule has 2 aromatic rings. The molecule has 0 radical (unpaired) electrons. The second-order valence-electron chi connectivity index (χ2n) is 4.42. The van der Waals surface area contributed by atoms with Crippen molar-refractivity contribution in [3.05, 3.63) is 63.1 Å². The normalized spacial score (nSPS) is 12.2. The lowest BCUT2D eigenvalue weighted by Gasteiger charge is -2.20. The molecule has 2 rings (SSSR count). The monoisotopic (exact) mass is 338 g/mol. The van der Waals surface area contributed by atoms with Crippen molar-refractivity contribution in [2.75, 3.05) is 11.9 Å². The van der Waals surface area contributed by atoms with Gasteiger partial charge in [-0.3, -0.25) is 0 Å². The zero-order valence-corrected chi connectivity index (χ0v) is 13.0. The van der Waals surface area contributed by atoms with Crippen LogP contribution in [0.25, 0.3) is 0 Å². The average molecular weight is 340 g/mol. The molecule has 0 aliphatic rings. The Morgan fingerprint density at radius 3 is 2.63 bits per heavy atom. The molecular formula is C15H16BrClN2. The summed E-state index contributed by atoms with van der Waals surface area (Å²) in [6, 6.07) is 14.1. The van der Waals surface area contributed by atoms with Gasteiger partial charge >= 0.3 is 0 Å². The van der Waals surface area contributed by atoms with E-state index in [9.17, 15) is 0 Å². The summed E-state index contributed by atoms with van der Waals surface area (Å²) >= 11 is 9.42. The topological polar surface area (TPSA) is 38.0 Å². The van der Waals surface area contributed by atoms with Gasteiger partial charge in [-0.2, -0.15) is 0 Å². The number of nitrogens with two attached hydrogens (primary N) is 1. The number of halogens is 2.